The van der Waals surface area contributed by atoms with Crippen molar-refractivity contribution in [3.8, 4) is 0 Å². The number of pyridine rings is 1. The Bertz CT molecular complexity index is 1050. The maximum absolute atomic E-state index is 4.67. The first-order valence-corrected chi connectivity index (χ1v) is 9.86. The van der Waals surface area contributed by atoms with Gasteiger partial charge in [0, 0.05) is 40.8 Å². The SMILES string of the molecule is C/C=C(\C=C/C(C)=NC=C(C)C)c1c[nH]c2ncc(C3=C(C)CCC=C3)cc12. The van der Waals surface area contributed by atoms with Crippen LogP contribution in [-0.2, 0) is 0 Å². The summed E-state index contributed by atoms with van der Waals surface area (Å²) in [5, 5.41) is 1.15. The molecule has 2 aromatic rings. The number of fused-ring (bicyclic) bond motifs is 1. The van der Waals surface area contributed by atoms with E-state index in [9.17, 15) is 0 Å². The highest BCUT2D eigenvalue weighted by Gasteiger charge is 2.12. The van der Waals surface area contributed by atoms with Crippen LogP contribution in [0.3, 0.4) is 0 Å². The number of aliphatic imine (C=N–C) groups is 1. The van der Waals surface area contributed by atoms with Crippen LogP contribution in [0.25, 0.3) is 22.2 Å². The maximum atomic E-state index is 4.67. The molecule has 0 fully saturated rings. The van der Waals surface area contributed by atoms with Gasteiger partial charge in [0.1, 0.15) is 5.65 Å². The lowest BCUT2D eigenvalue weighted by Crippen LogP contribution is -1.93. The lowest BCUT2D eigenvalue weighted by atomic mass is 9.93. The maximum Gasteiger partial charge on any atom is 0.137 e. The van der Waals surface area contributed by atoms with Gasteiger partial charge in [0.15, 0.2) is 0 Å². The number of nitrogens with one attached hydrogen (secondary N) is 1. The molecule has 1 aliphatic carbocycles. The van der Waals surface area contributed by atoms with E-state index in [-0.39, 0.29) is 0 Å². The zero-order valence-corrected chi connectivity index (χ0v) is 17.5. The molecule has 28 heavy (non-hydrogen) atoms. The molecule has 1 N–H and O–H groups in total. The summed E-state index contributed by atoms with van der Waals surface area (Å²) in [4.78, 5) is 12.4. The molecule has 3 rings (SSSR count). The molecule has 0 unspecified atom stereocenters. The monoisotopic (exact) mass is 371 g/mol. The topological polar surface area (TPSA) is 41.0 Å². The Morgan fingerprint density at radius 1 is 1.21 bits per heavy atom. The van der Waals surface area contributed by atoms with Crippen molar-refractivity contribution in [2.24, 2.45) is 4.99 Å². The van der Waals surface area contributed by atoms with Gasteiger partial charge in [0.05, 0.1) is 0 Å². The molecule has 0 atom stereocenters. The molecule has 0 radical (unpaired) electrons. The molecule has 0 aromatic carbocycles. The fourth-order valence-corrected chi connectivity index (χ4v) is 3.34. The van der Waals surface area contributed by atoms with Gasteiger partial charge in [0.2, 0.25) is 0 Å². The van der Waals surface area contributed by atoms with E-state index in [0.717, 1.165) is 40.7 Å². The minimum Gasteiger partial charge on any atom is -0.346 e. The second-order valence-corrected chi connectivity index (χ2v) is 7.51. The van der Waals surface area contributed by atoms with Crippen LogP contribution in [0.4, 0.5) is 0 Å². The smallest absolute Gasteiger partial charge is 0.137 e. The Hall–Kier alpha value is -2.94. The van der Waals surface area contributed by atoms with Gasteiger partial charge >= 0.3 is 0 Å². The summed E-state index contributed by atoms with van der Waals surface area (Å²) in [6.07, 6.45) is 18.9. The number of aromatic nitrogens is 2. The second kappa shape index (κ2) is 8.83. The molecule has 0 saturated carbocycles. The number of hydrogen-bond acceptors (Lipinski definition) is 2. The average molecular weight is 372 g/mol. The minimum atomic E-state index is 0.916. The zero-order valence-electron chi connectivity index (χ0n) is 17.5. The highest BCUT2D eigenvalue weighted by molar-refractivity contribution is 5.99. The molecule has 1 aliphatic rings. The predicted molar refractivity (Wildman–Crippen MR) is 122 cm³/mol. The molecule has 0 bridgehead atoms. The normalized spacial score (nSPS) is 15.8. The van der Waals surface area contributed by atoms with Crippen molar-refractivity contribution < 1.29 is 0 Å². The van der Waals surface area contributed by atoms with Crippen molar-refractivity contribution in [2.75, 3.05) is 0 Å². The average Bonchev–Trinajstić information content (AvgIpc) is 3.10. The van der Waals surface area contributed by atoms with Crippen LogP contribution in [0.2, 0.25) is 0 Å². The van der Waals surface area contributed by atoms with E-state index >= 15 is 0 Å². The Kier molecular flexibility index (Phi) is 6.25. The third-order valence-electron chi connectivity index (χ3n) is 4.92. The van der Waals surface area contributed by atoms with E-state index in [1.165, 1.54) is 22.3 Å². The van der Waals surface area contributed by atoms with E-state index in [1.807, 2.05) is 39.4 Å². The number of aromatic amines is 1. The van der Waals surface area contributed by atoms with E-state index in [4.69, 9.17) is 0 Å². The first-order valence-electron chi connectivity index (χ1n) is 9.86. The summed E-state index contributed by atoms with van der Waals surface area (Å²) in [7, 11) is 0. The van der Waals surface area contributed by atoms with Gasteiger partial charge in [-0.25, -0.2) is 4.98 Å². The van der Waals surface area contributed by atoms with Crippen molar-refractivity contribution in [3.05, 3.63) is 77.3 Å². The van der Waals surface area contributed by atoms with Gasteiger partial charge in [-0.15, -0.1) is 0 Å². The van der Waals surface area contributed by atoms with Crippen LogP contribution in [0.1, 0.15) is 58.6 Å². The van der Waals surface area contributed by atoms with Crippen molar-refractivity contribution in [3.63, 3.8) is 0 Å². The van der Waals surface area contributed by atoms with Crippen LogP contribution in [0.5, 0.6) is 0 Å². The van der Waals surface area contributed by atoms with Crippen LogP contribution in [0, 0.1) is 0 Å². The highest BCUT2D eigenvalue weighted by Crippen LogP contribution is 2.31. The summed E-state index contributed by atoms with van der Waals surface area (Å²) in [6, 6.07) is 2.25. The second-order valence-electron chi connectivity index (χ2n) is 7.51. The number of nitrogens with zero attached hydrogens (tertiary/aromatic N) is 2. The van der Waals surface area contributed by atoms with Gasteiger partial charge in [0.25, 0.3) is 0 Å². The van der Waals surface area contributed by atoms with E-state index in [2.05, 4.69) is 65.3 Å². The molecule has 144 valence electrons. The molecule has 0 amide bonds. The van der Waals surface area contributed by atoms with Crippen molar-refractivity contribution in [1.29, 1.82) is 0 Å². The highest BCUT2D eigenvalue weighted by atomic mass is 14.8. The fraction of sp³-hybridized carbons (Fsp3) is 0.280. The number of H-pyrrole nitrogens is 1. The van der Waals surface area contributed by atoms with E-state index < -0.39 is 0 Å². The largest absolute Gasteiger partial charge is 0.346 e. The lowest BCUT2D eigenvalue weighted by Gasteiger charge is -2.12. The molecular weight excluding hydrogens is 342 g/mol. The van der Waals surface area contributed by atoms with Crippen molar-refractivity contribution in [2.45, 2.75) is 47.5 Å². The summed E-state index contributed by atoms with van der Waals surface area (Å²) in [5.41, 5.74) is 9.32. The van der Waals surface area contributed by atoms with Crippen LogP contribution in [-0.4, -0.2) is 15.7 Å². The van der Waals surface area contributed by atoms with Gasteiger partial charge in [-0.2, -0.15) is 0 Å². The molecule has 3 heteroatoms. The zero-order chi connectivity index (χ0) is 20.1. The molecular formula is C25H29N3. The van der Waals surface area contributed by atoms with Gasteiger partial charge in [-0.1, -0.05) is 35.5 Å². The first-order chi connectivity index (χ1) is 13.5. The third-order valence-corrected chi connectivity index (χ3v) is 4.92. The molecule has 2 aromatic heterocycles. The lowest BCUT2D eigenvalue weighted by molar-refractivity contribution is 0.967. The van der Waals surface area contributed by atoms with Gasteiger partial charge < -0.3 is 4.98 Å². The van der Waals surface area contributed by atoms with Crippen molar-refractivity contribution >= 4 is 27.9 Å². The van der Waals surface area contributed by atoms with E-state index in [1.54, 1.807) is 0 Å². The van der Waals surface area contributed by atoms with E-state index in [0.29, 0.717) is 0 Å². The summed E-state index contributed by atoms with van der Waals surface area (Å²) < 4.78 is 0. The molecule has 3 nitrogen and oxygen atoms in total. The Morgan fingerprint density at radius 2 is 2.04 bits per heavy atom. The Labute approximate surface area is 168 Å². The molecule has 0 spiro atoms. The Balaban J connectivity index is 1.98. The standard InChI is InChI=1S/C25H29N3/c1-6-20(12-11-19(5)26-14-17(2)3)24-16-28-25-23(24)13-21(15-27-25)22-10-8-7-9-18(22)4/h6,8,10-16H,7,9H2,1-5H3,(H,27,28)/b12-11-,20-6+,26-19?. The van der Waals surface area contributed by atoms with Crippen LogP contribution in [0.15, 0.2) is 71.2 Å². The summed E-state index contributed by atoms with van der Waals surface area (Å²) >= 11 is 0. The van der Waals surface area contributed by atoms with Crippen LogP contribution < -0.4 is 0 Å². The number of allylic oxidation sites excluding steroid dienone is 9. The summed E-state index contributed by atoms with van der Waals surface area (Å²) in [6.45, 7) is 10.4. The molecule has 2 heterocycles. The third kappa shape index (κ3) is 4.48. The van der Waals surface area contributed by atoms with Gasteiger partial charge in [-0.3, -0.25) is 4.99 Å². The van der Waals surface area contributed by atoms with Crippen molar-refractivity contribution in [1.82, 2.24) is 9.97 Å². The molecule has 0 saturated heterocycles. The van der Waals surface area contributed by atoms with Crippen LogP contribution >= 0.6 is 0 Å². The summed E-state index contributed by atoms with van der Waals surface area (Å²) in [5.74, 6) is 0. The minimum absolute atomic E-state index is 0.916. The number of hydrogen-bond donors (Lipinski definition) is 1. The molecule has 0 aliphatic heterocycles. The fourth-order valence-electron chi connectivity index (χ4n) is 3.34. The van der Waals surface area contributed by atoms with Gasteiger partial charge in [-0.05, 0) is 70.7 Å². The Morgan fingerprint density at radius 3 is 2.75 bits per heavy atom. The quantitative estimate of drug-likeness (QED) is 0.445. The predicted octanol–water partition coefficient (Wildman–Crippen LogP) is 7.03. The first kappa shape index (κ1) is 19.8. The number of rotatable bonds is 5.